The molecule has 2 rings (SSSR count). The Morgan fingerprint density at radius 3 is 2.00 bits per heavy atom. The molecule has 1 aromatic carbocycles. The summed E-state index contributed by atoms with van der Waals surface area (Å²) < 4.78 is 0. The van der Waals surface area contributed by atoms with Gasteiger partial charge in [0.05, 0.1) is 5.41 Å². The minimum atomic E-state index is -0.807. The first-order valence-corrected chi connectivity index (χ1v) is 6.30. The van der Waals surface area contributed by atoms with E-state index in [4.69, 9.17) is 0 Å². The van der Waals surface area contributed by atoms with Crippen molar-refractivity contribution in [2.45, 2.75) is 39.5 Å². The highest BCUT2D eigenvalue weighted by molar-refractivity contribution is 6.29. The van der Waals surface area contributed by atoms with E-state index in [2.05, 4.69) is 6.92 Å². The predicted molar refractivity (Wildman–Crippen MR) is 67.4 cm³/mol. The fraction of sp³-hybridized carbons (Fsp3) is 0.467. The Labute approximate surface area is 102 Å². The Hall–Kier alpha value is -1.44. The number of fused-ring (bicyclic) bond motifs is 1. The first-order valence-electron chi connectivity index (χ1n) is 6.30. The summed E-state index contributed by atoms with van der Waals surface area (Å²) in [5.41, 5.74) is 0.409. The van der Waals surface area contributed by atoms with Gasteiger partial charge in [-0.25, -0.2) is 0 Å². The van der Waals surface area contributed by atoms with Gasteiger partial charge in [0.2, 0.25) is 0 Å². The van der Waals surface area contributed by atoms with Gasteiger partial charge < -0.3 is 0 Å². The molecule has 0 fully saturated rings. The second kappa shape index (κ2) is 4.44. The molecule has 90 valence electrons. The molecule has 1 aliphatic carbocycles. The first kappa shape index (κ1) is 12.0. The Morgan fingerprint density at radius 2 is 1.53 bits per heavy atom. The molecule has 2 nitrogen and oxygen atoms in total. The van der Waals surface area contributed by atoms with Gasteiger partial charge in [0.15, 0.2) is 11.6 Å². The smallest absolute Gasteiger partial charge is 0.177 e. The Kier molecular flexibility index (Phi) is 3.14. The second-order valence-electron chi connectivity index (χ2n) is 4.99. The van der Waals surface area contributed by atoms with Crippen LogP contribution in [0.3, 0.4) is 0 Å². The maximum atomic E-state index is 12.3. The number of carbonyl (C=O) groups excluding carboxylic acids is 2. The third-order valence-electron chi connectivity index (χ3n) is 3.70. The highest BCUT2D eigenvalue weighted by Crippen LogP contribution is 2.40. The number of hydrogen-bond acceptors (Lipinski definition) is 2. The Morgan fingerprint density at radius 1 is 1.00 bits per heavy atom. The topological polar surface area (TPSA) is 34.1 Å². The van der Waals surface area contributed by atoms with Crippen LogP contribution in [-0.4, -0.2) is 11.6 Å². The van der Waals surface area contributed by atoms with Crippen LogP contribution in [-0.2, 0) is 0 Å². The van der Waals surface area contributed by atoms with Crippen molar-refractivity contribution in [2.24, 2.45) is 5.41 Å². The Bertz CT molecular complexity index is 425. The molecule has 0 aliphatic heterocycles. The molecule has 1 aromatic rings. The molecule has 1 aliphatic rings. The average Bonchev–Trinajstić information content (AvgIpc) is 2.54. The van der Waals surface area contributed by atoms with Crippen LogP contribution in [0.25, 0.3) is 0 Å². The van der Waals surface area contributed by atoms with Gasteiger partial charge in [-0.3, -0.25) is 9.59 Å². The standard InChI is InChI=1S/C15H18O2/c1-3-4-7-10-15(2)13(16)11-8-5-6-9-12(11)14(15)17/h5-6,8-9H,3-4,7,10H2,1-2H3. The maximum Gasteiger partial charge on any atom is 0.177 e. The number of hydrogen-bond donors (Lipinski definition) is 0. The van der Waals surface area contributed by atoms with Crippen molar-refractivity contribution in [3.05, 3.63) is 35.4 Å². The lowest BCUT2D eigenvalue weighted by Crippen LogP contribution is -2.29. The van der Waals surface area contributed by atoms with Crippen LogP contribution in [0.15, 0.2) is 24.3 Å². The van der Waals surface area contributed by atoms with Gasteiger partial charge in [-0.2, -0.15) is 0 Å². The summed E-state index contributed by atoms with van der Waals surface area (Å²) in [6.07, 6.45) is 3.80. The van der Waals surface area contributed by atoms with Gasteiger partial charge in [0, 0.05) is 11.1 Å². The molecule has 0 saturated heterocycles. The van der Waals surface area contributed by atoms with Crippen LogP contribution in [0.1, 0.15) is 60.2 Å². The van der Waals surface area contributed by atoms with Crippen LogP contribution in [0.2, 0.25) is 0 Å². The van der Waals surface area contributed by atoms with Crippen molar-refractivity contribution in [3.63, 3.8) is 0 Å². The van der Waals surface area contributed by atoms with E-state index in [0.717, 1.165) is 19.3 Å². The molecule has 0 unspecified atom stereocenters. The largest absolute Gasteiger partial charge is 0.293 e. The van der Waals surface area contributed by atoms with Gasteiger partial charge in [0.1, 0.15) is 0 Å². The van der Waals surface area contributed by atoms with E-state index in [1.807, 2.05) is 12.1 Å². The minimum Gasteiger partial charge on any atom is -0.293 e. The summed E-state index contributed by atoms with van der Waals surface area (Å²) >= 11 is 0. The van der Waals surface area contributed by atoms with E-state index in [1.54, 1.807) is 19.1 Å². The zero-order valence-corrected chi connectivity index (χ0v) is 10.5. The van der Waals surface area contributed by atoms with E-state index >= 15 is 0 Å². The summed E-state index contributed by atoms with van der Waals surface area (Å²) in [6.45, 7) is 3.92. The molecule has 0 atom stereocenters. The third-order valence-corrected chi connectivity index (χ3v) is 3.70. The SMILES string of the molecule is CCCCCC1(C)C(=O)c2ccccc2C1=O. The quantitative estimate of drug-likeness (QED) is 0.584. The number of unbranched alkanes of at least 4 members (excludes halogenated alkanes) is 2. The van der Waals surface area contributed by atoms with Crippen LogP contribution in [0, 0.1) is 5.41 Å². The summed E-state index contributed by atoms with van der Waals surface area (Å²) in [6, 6.07) is 7.17. The van der Waals surface area contributed by atoms with Crippen molar-refractivity contribution in [1.29, 1.82) is 0 Å². The average molecular weight is 230 g/mol. The lowest BCUT2D eigenvalue weighted by Gasteiger charge is -2.19. The molecule has 0 spiro atoms. The fourth-order valence-electron chi connectivity index (χ4n) is 2.53. The maximum absolute atomic E-state index is 12.3. The molecule has 0 aromatic heterocycles. The van der Waals surface area contributed by atoms with Crippen molar-refractivity contribution >= 4 is 11.6 Å². The summed E-state index contributed by atoms with van der Waals surface area (Å²) in [4.78, 5) is 24.6. The van der Waals surface area contributed by atoms with Crippen LogP contribution in [0.5, 0.6) is 0 Å². The van der Waals surface area contributed by atoms with E-state index < -0.39 is 5.41 Å². The molecule has 0 heterocycles. The summed E-state index contributed by atoms with van der Waals surface area (Å²) in [7, 11) is 0. The van der Waals surface area contributed by atoms with Gasteiger partial charge in [-0.05, 0) is 13.3 Å². The predicted octanol–water partition coefficient (Wildman–Crippen LogP) is 3.65. The number of ketones is 2. The molecule has 17 heavy (non-hydrogen) atoms. The molecule has 0 radical (unpaired) electrons. The number of benzene rings is 1. The van der Waals surface area contributed by atoms with Gasteiger partial charge in [-0.15, -0.1) is 0 Å². The third kappa shape index (κ3) is 1.82. The van der Waals surface area contributed by atoms with Gasteiger partial charge in [0.25, 0.3) is 0 Å². The summed E-state index contributed by atoms with van der Waals surface area (Å²) in [5.74, 6) is 0.0170. The number of carbonyl (C=O) groups is 2. The van der Waals surface area contributed by atoms with Crippen molar-refractivity contribution in [3.8, 4) is 0 Å². The van der Waals surface area contributed by atoms with E-state index in [9.17, 15) is 9.59 Å². The zero-order chi connectivity index (χ0) is 12.5. The second-order valence-corrected chi connectivity index (χ2v) is 4.99. The van der Waals surface area contributed by atoms with Gasteiger partial charge in [-0.1, -0.05) is 50.5 Å². The van der Waals surface area contributed by atoms with E-state index in [0.29, 0.717) is 17.5 Å². The van der Waals surface area contributed by atoms with E-state index in [1.165, 1.54) is 0 Å². The lowest BCUT2D eigenvalue weighted by atomic mass is 9.80. The van der Waals surface area contributed by atoms with Crippen LogP contribution in [0.4, 0.5) is 0 Å². The monoisotopic (exact) mass is 230 g/mol. The minimum absolute atomic E-state index is 0.00852. The zero-order valence-electron chi connectivity index (χ0n) is 10.5. The Balaban J connectivity index is 2.28. The molecule has 0 amide bonds. The highest BCUT2D eigenvalue weighted by Gasteiger charge is 2.48. The number of rotatable bonds is 4. The number of Topliss-reactive ketones (excluding diaryl/α,β-unsaturated/α-hetero) is 2. The molecular weight excluding hydrogens is 212 g/mol. The summed E-state index contributed by atoms with van der Waals surface area (Å²) in [5, 5.41) is 0. The first-order chi connectivity index (χ1) is 8.11. The molecule has 0 bridgehead atoms. The van der Waals surface area contributed by atoms with Crippen molar-refractivity contribution in [1.82, 2.24) is 0 Å². The molecule has 0 saturated carbocycles. The van der Waals surface area contributed by atoms with Crippen molar-refractivity contribution < 1.29 is 9.59 Å². The van der Waals surface area contributed by atoms with Crippen LogP contribution < -0.4 is 0 Å². The molecule has 0 N–H and O–H groups in total. The molecule has 2 heteroatoms. The normalized spacial score (nSPS) is 17.3. The van der Waals surface area contributed by atoms with Crippen molar-refractivity contribution in [2.75, 3.05) is 0 Å². The fourth-order valence-corrected chi connectivity index (χ4v) is 2.53. The highest BCUT2D eigenvalue weighted by atomic mass is 16.2. The molecular formula is C15H18O2. The van der Waals surface area contributed by atoms with Gasteiger partial charge >= 0.3 is 0 Å². The lowest BCUT2D eigenvalue weighted by molar-refractivity contribution is 0.0705. The van der Waals surface area contributed by atoms with E-state index in [-0.39, 0.29) is 11.6 Å². The van der Waals surface area contributed by atoms with Crippen LogP contribution >= 0.6 is 0 Å².